The Morgan fingerprint density at radius 1 is 1.19 bits per heavy atom. The minimum absolute atomic E-state index is 0.251. The standard InChI is InChI=1S/C13H11N5O3/c1-21-13-9(14)10(15-5-16-13)17-6-2-3-7-8(4-6)12(20)18-11(7)19/h2-5H,14H2,1H3,(H,15,16,17)(H,18,19,20). The number of benzene rings is 1. The molecule has 1 aromatic heterocycles. The van der Waals surface area contributed by atoms with Gasteiger partial charge in [0.25, 0.3) is 11.8 Å². The Balaban J connectivity index is 1.95. The molecular formula is C13H11N5O3. The number of nitrogens with one attached hydrogen (secondary N) is 2. The molecule has 0 radical (unpaired) electrons. The van der Waals surface area contributed by atoms with Crippen molar-refractivity contribution in [1.29, 1.82) is 0 Å². The highest BCUT2D eigenvalue weighted by molar-refractivity contribution is 6.21. The molecule has 1 aliphatic heterocycles. The van der Waals surface area contributed by atoms with Gasteiger partial charge in [-0.15, -0.1) is 0 Å². The van der Waals surface area contributed by atoms with E-state index in [0.29, 0.717) is 22.6 Å². The number of hydrogen-bond donors (Lipinski definition) is 3. The van der Waals surface area contributed by atoms with Crippen molar-refractivity contribution in [3.63, 3.8) is 0 Å². The van der Waals surface area contributed by atoms with Crippen LogP contribution in [0.2, 0.25) is 0 Å². The number of carbonyl (C=O) groups is 2. The van der Waals surface area contributed by atoms with Crippen LogP contribution in [0.4, 0.5) is 17.2 Å². The maximum absolute atomic E-state index is 11.6. The summed E-state index contributed by atoms with van der Waals surface area (Å²) in [5.41, 5.74) is 7.34. The molecule has 3 rings (SSSR count). The third-order valence-electron chi connectivity index (χ3n) is 3.04. The van der Waals surface area contributed by atoms with Gasteiger partial charge in [-0.25, -0.2) is 4.98 Å². The molecule has 4 N–H and O–H groups in total. The molecule has 8 heteroatoms. The van der Waals surface area contributed by atoms with E-state index in [1.807, 2.05) is 0 Å². The van der Waals surface area contributed by atoms with Gasteiger partial charge in [-0.2, -0.15) is 4.98 Å². The molecule has 1 aromatic carbocycles. The van der Waals surface area contributed by atoms with E-state index in [-0.39, 0.29) is 11.6 Å². The first kappa shape index (κ1) is 12.9. The molecule has 0 saturated carbocycles. The Hall–Kier alpha value is -3.16. The van der Waals surface area contributed by atoms with Gasteiger partial charge in [-0.3, -0.25) is 14.9 Å². The number of amides is 2. The minimum atomic E-state index is -0.424. The number of nitrogens with two attached hydrogens (primary N) is 1. The van der Waals surface area contributed by atoms with E-state index in [1.54, 1.807) is 18.2 Å². The Kier molecular flexibility index (Phi) is 2.90. The molecule has 0 atom stereocenters. The van der Waals surface area contributed by atoms with Gasteiger partial charge in [-0.05, 0) is 18.2 Å². The van der Waals surface area contributed by atoms with Crippen molar-refractivity contribution >= 4 is 29.0 Å². The number of carbonyl (C=O) groups excluding carboxylic acids is 2. The van der Waals surface area contributed by atoms with Crippen LogP contribution in [0.5, 0.6) is 5.88 Å². The van der Waals surface area contributed by atoms with Crippen molar-refractivity contribution in [2.45, 2.75) is 0 Å². The van der Waals surface area contributed by atoms with Crippen LogP contribution in [0, 0.1) is 0 Å². The molecule has 0 spiro atoms. The fraction of sp³-hybridized carbons (Fsp3) is 0.0769. The average Bonchev–Trinajstić information content (AvgIpc) is 2.76. The molecule has 0 fully saturated rings. The molecule has 2 aromatic rings. The number of rotatable bonds is 3. The second-order valence-corrected chi connectivity index (χ2v) is 4.31. The number of methoxy groups -OCH3 is 1. The predicted octanol–water partition coefficient (Wildman–Crippen LogP) is 0.695. The molecule has 8 nitrogen and oxygen atoms in total. The van der Waals surface area contributed by atoms with Gasteiger partial charge in [0, 0.05) is 5.69 Å². The van der Waals surface area contributed by atoms with Gasteiger partial charge in [0.15, 0.2) is 5.82 Å². The number of imide groups is 1. The van der Waals surface area contributed by atoms with E-state index in [2.05, 4.69) is 20.6 Å². The molecule has 21 heavy (non-hydrogen) atoms. The van der Waals surface area contributed by atoms with Gasteiger partial charge in [0.05, 0.1) is 18.2 Å². The number of anilines is 3. The van der Waals surface area contributed by atoms with Crippen molar-refractivity contribution in [1.82, 2.24) is 15.3 Å². The summed E-state index contributed by atoms with van der Waals surface area (Å²) >= 11 is 0. The van der Waals surface area contributed by atoms with Crippen molar-refractivity contribution in [2.24, 2.45) is 0 Å². The average molecular weight is 285 g/mol. The maximum Gasteiger partial charge on any atom is 0.259 e. The highest BCUT2D eigenvalue weighted by Crippen LogP contribution is 2.28. The number of ether oxygens (including phenoxy) is 1. The quantitative estimate of drug-likeness (QED) is 0.710. The number of nitrogen functional groups attached to an aromatic ring is 1. The topological polar surface area (TPSA) is 119 Å². The summed E-state index contributed by atoms with van der Waals surface area (Å²) in [5, 5.41) is 5.19. The van der Waals surface area contributed by atoms with Gasteiger partial charge in [0.2, 0.25) is 5.88 Å². The molecule has 0 saturated heterocycles. The molecule has 1 aliphatic rings. The lowest BCUT2D eigenvalue weighted by atomic mass is 10.1. The van der Waals surface area contributed by atoms with Crippen LogP contribution in [-0.2, 0) is 0 Å². The predicted molar refractivity (Wildman–Crippen MR) is 74.5 cm³/mol. The van der Waals surface area contributed by atoms with E-state index in [0.717, 1.165) is 0 Å². The second-order valence-electron chi connectivity index (χ2n) is 4.31. The molecule has 2 amide bonds. The summed E-state index contributed by atoms with van der Waals surface area (Å²) in [4.78, 5) is 31.0. The van der Waals surface area contributed by atoms with Crippen LogP contribution in [0.1, 0.15) is 20.7 Å². The zero-order valence-corrected chi connectivity index (χ0v) is 11.0. The van der Waals surface area contributed by atoms with Crippen LogP contribution in [0.3, 0.4) is 0 Å². The smallest absolute Gasteiger partial charge is 0.259 e. The number of fused-ring (bicyclic) bond motifs is 1. The SMILES string of the molecule is COc1ncnc(Nc2ccc3c(c2)C(=O)NC3=O)c1N. The first-order valence-electron chi connectivity index (χ1n) is 6.01. The van der Waals surface area contributed by atoms with Crippen LogP contribution < -0.4 is 21.1 Å². The molecule has 106 valence electrons. The molecule has 0 aliphatic carbocycles. The second kappa shape index (κ2) is 4.75. The van der Waals surface area contributed by atoms with E-state index in [1.165, 1.54) is 13.4 Å². The molecular weight excluding hydrogens is 274 g/mol. The lowest BCUT2D eigenvalue weighted by Gasteiger charge is -2.10. The molecule has 2 heterocycles. The van der Waals surface area contributed by atoms with Crippen LogP contribution >= 0.6 is 0 Å². The fourth-order valence-electron chi connectivity index (χ4n) is 2.02. The van der Waals surface area contributed by atoms with E-state index >= 15 is 0 Å². The summed E-state index contributed by atoms with van der Waals surface area (Å²) in [6.07, 6.45) is 1.31. The number of nitrogens with zero attached hydrogens (tertiary/aromatic N) is 2. The Bertz CT molecular complexity index is 759. The van der Waals surface area contributed by atoms with Gasteiger partial charge < -0.3 is 15.8 Å². The third-order valence-corrected chi connectivity index (χ3v) is 3.04. The Labute approximate surface area is 119 Å². The molecule has 0 unspecified atom stereocenters. The van der Waals surface area contributed by atoms with E-state index in [4.69, 9.17) is 10.5 Å². The summed E-state index contributed by atoms with van der Waals surface area (Å²) in [6.45, 7) is 0. The highest BCUT2D eigenvalue weighted by atomic mass is 16.5. The van der Waals surface area contributed by atoms with Gasteiger partial charge in [-0.1, -0.05) is 0 Å². The zero-order valence-electron chi connectivity index (χ0n) is 11.0. The van der Waals surface area contributed by atoms with Crippen molar-refractivity contribution < 1.29 is 14.3 Å². The number of hydrogen-bond acceptors (Lipinski definition) is 7. The monoisotopic (exact) mass is 285 g/mol. The summed E-state index contributed by atoms with van der Waals surface area (Å²) < 4.78 is 5.00. The fourth-order valence-corrected chi connectivity index (χ4v) is 2.02. The lowest BCUT2D eigenvalue weighted by Crippen LogP contribution is -2.19. The third kappa shape index (κ3) is 2.12. The normalized spacial score (nSPS) is 12.8. The summed E-state index contributed by atoms with van der Waals surface area (Å²) in [6, 6.07) is 4.78. The summed E-state index contributed by atoms with van der Waals surface area (Å²) in [5.74, 6) is -0.218. The van der Waals surface area contributed by atoms with Crippen LogP contribution in [0.25, 0.3) is 0 Å². The van der Waals surface area contributed by atoms with E-state index in [9.17, 15) is 9.59 Å². The first-order valence-corrected chi connectivity index (χ1v) is 6.01. The first-order chi connectivity index (χ1) is 10.1. The molecule has 0 bridgehead atoms. The van der Waals surface area contributed by atoms with Crippen molar-refractivity contribution in [2.75, 3.05) is 18.2 Å². The van der Waals surface area contributed by atoms with Crippen LogP contribution in [-0.4, -0.2) is 28.9 Å². The van der Waals surface area contributed by atoms with Crippen molar-refractivity contribution in [3.05, 3.63) is 35.7 Å². The van der Waals surface area contributed by atoms with Crippen LogP contribution in [0.15, 0.2) is 24.5 Å². The lowest BCUT2D eigenvalue weighted by molar-refractivity contribution is 0.0879. The van der Waals surface area contributed by atoms with Crippen molar-refractivity contribution in [3.8, 4) is 5.88 Å². The Morgan fingerprint density at radius 3 is 2.71 bits per heavy atom. The number of aromatic nitrogens is 2. The highest BCUT2D eigenvalue weighted by Gasteiger charge is 2.26. The summed E-state index contributed by atoms with van der Waals surface area (Å²) in [7, 11) is 1.45. The van der Waals surface area contributed by atoms with Gasteiger partial charge in [0.1, 0.15) is 12.0 Å². The minimum Gasteiger partial charge on any atom is -0.479 e. The van der Waals surface area contributed by atoms with Gasteiger partial charge >= 0.3 is 0 Å². The Morgan fingerprint density at radius 2 is 1.95 bits per heavy atom. The van der Waals surface area contributed by atoms with E-state index < -0.39 is 11.8 Å². The zero-order chi connectivity index (χ0) is 15.0. The largest absolute Gasteiger partial charge is 0.479 e. The maximum atomic E-state index is 11.6.